The molecule has 1 aromatic carbocycles. The molecule has 0 aliphatic rings. The number of carbonyl (C=O) groups is 2. The van der Waals surface area contributed by atoms with Crippen molar-refractivity contribution < 1.29 is 18.7 Å². The number of ether oxygens (including phenoxy) is 1. The molecule has 0 fully saturated rings. The summed E-state index contributed by atoms with van der Waals surface area (Å²) in [5.74, 6) is -1.46. The number of esters is 1. The number of nitrogens with zero attached hydrogens (tertiary/aromatic N) is 2. The van der Waals surface area contributed by atoms with E-state index in [0.29, 0.717) is 16.9 Å². The number of nitrogens with one attached hydrogen (secondary N) is 1. The SMILES string of the molecule is Cc1nn(C)c(C)c1NC(=O)[C@H](C)OC(=O)/C=C/c1ccc(F)cc1. The zero-order chi connectivity index (χ0) is 18.6. The Hall–Kier alpha value is -2.96. The Balaban J connectivity index is 1.93. The Bertz CT molecular complexity index is 810. The van der Waals surface area contributed by atoms with Crippen LogP contribution in [0.15, 0.2) is 30.3 Å². The molecular weight excluding hydrogens is 325 g/mol. The first-order valence-corrected chi connectivity index (χ1v) is 7.73. The van der Waals surface area contributed by atoms with Crippen molar-refractivity contribution in [1.29, 1.82) is 0 Å². The van der Waals surface area contributed by atoms with E-state index in [0.717, 1.165) is 5.69 Å². The summed E-state index contributed by atoms with van der Waals surface area (Å²) < 4.78 is 19.6. The minimum absolute atomic E-state index is 0.356. The molecule has 2 aromatic rings. The number of halogens is 1. The molecule has 1 N–H and O–H groups in total. The minimum atomic E-state index is -0.968. The van der Waals surface area contributed by atoms with Gasteiger partial charge in [0.15, 0.2) is 6.10 Å². The summed E-state index contributed by atoms with van der Waals surface area (Å²) in [7, 11) is 1.78. The van der Waals surface area contributed by atoms with Crippen LogP contribution in [-0.2, 0) is 21.4 Å². The molecular formula is C18H20FN3O3. The zero-order valence-corrected chi connectivity index (χ0v) is 14.5. The second kappa shape index (κ2) is 7.74. The molecule has 7 heteroatoms. The summed E-state index contributed by atoms with van der Waals surface area (Å²) in [6, 6.07) is 5.64. The lowest BCUT2D eigenvalue weighted by Gasteiger charge is -2.12. The standard InChI is InChI=1S/C18H20FN3O3/c1-11-17(12(2)22(4)21-11)20-18(24)13(3)25-16(23)10-7-14-5-8-15(19)9-6-14/h5-10,13H,1-4H3,(H,20,24)/b10-7+/t13-/m0/s1. The highest BCUT2D eigenvalue weighted by Crippen LogP contribution is 2.18. The molecule has 1 atom stereocenters. The molecule has 0 radical (unpaired) electrons. The molecule has 1 amide bonds. The molecule has 0 saturated heterocycles. The lowest BCUT2D eigenvalue weighted by molar-refractivity contribution is -0.148. The molecule has 132 valence electrons. The average Bonchev–Trinajstić information content (AvgIpc) is 2.80. The number of rotatable bonds is 5. The van der Waals surface area contributed by atoms with E-state index in [-0.39, 0.29) is 5.82 Å². The number of hydrogen-bond donors (Lipinski definition) is 1. The number of amides is 1. The van der Waals surface area contributed by atoms with Crippen molar-refractivity contribution in [2.45, 2.75) is 26.9 Å². The fourth-order valence-corrected chi connectivity index (χ4v) is 2.18. The Labute approximate surface area is 145 Å². The Morgan fingerprint density at radius 2 is 1.92 bits per heavy atom. The third-order valence-electron chi connectivity index (χ3n) is 3.70. The summed E-state index contributed by atoms with van der Waals surface area (Å²) in [5.41, 5.74) is 2.75. The smallest absolute Gasteiger partial charge is 0.331 e. The van der Waals surface area contributed by atoms with E-state index in [4.69, 9.17) is 4.74 Å². The molecule has 0 unspecified atom stereocenters. The third kappa shape index (κ3) is 4.76. The highest BCUT2D eigenvalue weighted by Gasteiger charge is 2.20. The van der Waals surface area contributed by atoms with Crippen LogP contribution in [0.3, 0.4) is 0 Å². The van der Waals surface area contributed by atoms with Crippen molar-refractivity contribution in [3.8, 4) is 0 Å². The van der Waals surface area contributed by atoms with Crippen LogP contribution in [0.2, 0.25) is 0 Å². The van der Waals surface area contributed by atoms with Gasteiger partial charge in [-0.2, -0.15) is 5.10 Å². The molecule has 6 nitrogen and oxygen atoms in total. The molecule has 0 bridgehead atoms. The molecule has 0 spiro atoms. The van der Waals surface area contributed by atoms with Crippen LogP contribution in [0.4, 0.5) is 10.1 Å². The van der Waals surface area contributed by atoms with Gasteiger partial charge in [0.25, 0.3) is 5.91 Å². The van der Waals surface area contributed by atoms with Crippen LogP contribution >= 0.6 is 0 Å². The number of benzene rings is 1. The first-order chi connectivity index (χ1) is 11.8. The second-order valence-electron chi connectivity index (χ2n) is 5.62. The summed E-state index contributed by atoms with van der Waals surface area (Å²) in [6.45, 7) is 5.10. The maximum Gasteiger partial charge on any atom is 0.331 e. The van der Waals surface area contributed by atoms with Crippen LogP contribution in [-0.4, -0.2) is 27.8 Å². The molecule has 0 saturated carbocycles. The second-order valence-corrected chi connectivity index (χ2v) is 5.62. The van der Waals surface area contributed by atoms with Crippen LogP contribution in [0.25, 0.3) is 6.08 Å². The number of carbonyl (C=O) groups excluding carboxylic acids is 2. The Morgan fingerprint density at radius 1 is 1.28 bits per heavy atom. The summed E-state index contributed by atoms with van der Waals surface area (Å²) in [5, 5.41) is 6.93. The molecule has 1 aromatic heterocycles. The monoisotopic (exact) mass is 345 g/mol. The van der Waals surface area contributed by atoms with Crippen LogP contribution in [0.5, 0.6) is 0 Å². The van der Waals surface area contributed by atoms with Gasteiger partial charge in [-0.25, -0.2) is 9.18 Å². The van der Waals surface area contributed by atoms with E-state index in [1.54, 1.807) is 18.7 Å². The normalized spacial score (nSPS) is 12.2. The van der Waals surface area contributed by atoms with Gasteiger partial charge < -0.3 is 10.1 Å². The van der Waals surface area contributed by atoms with Gasteiger partial charge in [0.1, 0.15) is 5.82 Å². The van der Waals surface area contributed by atoms with E-state index in [2.05, 4.69) is 10.4 Å². The number of hydrogen-bond acceptors (Lipinski definition) is 4. The number of aryl methyl sites for hydroxylation is 2. The predicted octanol–water partition coefficient (Wildman–Crippen LogP) is 2.76. The summed E-state index contributed by atoms with van der Waals surface area (Å²) in [6.07, 6.45) is 1.71. The molecule has 0 aliphatic carbocycles. The van der Waals surface area contributed by atoms with Gasteiger partial charge in [0.2, 0.25) is 0 Å². The van der Waals surface area contributed by atoms with E-state index >= 15 is 0 Å². The first-order valence-electron chi connectivity index (χ1n) is 7.73. The minimum Gasteiger partial charge on any atom is -0.449 e. The van der Waals surface area contributed by atoms with Crippen LogP contribution < -0.4 is 5.32 Å². The van der Waals surface area contributed by atoms with E-state index in [1.807, 2.05) is 6.92 Å². The Kier molecular flexibility index (Phi) is 5.69. The lowest BCUT2D eigenvalue weighted by atomic mass is 10.2. The lowest BCUT2D eigenvalue weighted by Crippen LogP contribution is -2.29. The van der Waals surface area contributed by atoms with Gasteiger partial charge in [0.05, 0.1) is 17.1 Å². The van der Waals surface area contributed by atoms with E-state index < -0.39 is 18.0 Å². The van der Waals surface area contributed by atoms with Crippen LogP contribution in [0, 0.1) is 19.7 Å². The van der Waals surface area contributed by atoms with Gasteiger partial charge in [0, 0.05) is 13.1 Å². The maximum atomic E-state index is 12.8. The summed E-state index contributed by atoms with van der Waals surface area (Å²) >= 11 is 0. The van der Waals surface area contributed by atoms with E-state index in [9.17, 15) is 14.0 Å². The third-order valence-corrected chi connectivity index (χ3v) is 3.70. The van der Waals surface area contributed by atoms with Gasteiger partial charge >= 0.3 is 5.97 Å². The number of aromatic nitrogens is 2. The zero-order valence-electron chi connectivity index (χ0n) is 14.5. The van der Waals surface area contributed by atoms with Gasteiger partial charge in [-0.1, -0.05) is 12.1 Å². The maximum absolute atomic E-state index is 12.8. The van der Waals surface area contributed by atoms with E-state index in [1.165, 1.54) is 43.3 Å². The average molecular weight is 345 g/mol. The van der Waals surface area contributed by atoms with Crippen molar-refractivity contribution in [1.82, 2.24) is 9.78 Å². The highest BCUT2D eigenvalue weighted by atomic mass is 19.1. The highest BCUT2D eigenvalue weighted by molar-refractivity contribution is 5.97. The predicted molar refractivity (Wildman–Crippen MR) is 92.3 cm³/mol. The molecule has 25 heavy (non-hydrogen) atoms. The fourth-order valence-electron chi connectivity index (χ4n) is 2.18. The van der Waals surface area contributed by atoms with Crippen molar-refractivity contribution >= 4 is 23.6 Å². The summed E-state index contributed by atoms with van der Waals surface area (Å²) in [4.78, 5) is 24.0. The van der Waals surface area contributed by atoms with Gasteiger partial charge in [-0.05, 0) is 44.5 Å². The molecule has 2 rings (SSSR count). The van der Waals surface area contributed by atoms with Gasteiger partial charge in [-0.15, -0.1) is 0 Å². The van der Waals surface area contributed by atoms with Crippen molar-refractivity contribution in [2.24, 2.45) is 7.05 Å². The molecule has 1 heterocycles. The Morgan fingerprint density at radius 3 is 2.48 bits per heavy atom. The fraction of sp³-hybridized carbons (Fsp3) is 0.278. The first kappa shape index (κ1) is 18.4. The largest absolute Gasteiger partial charge is 0.449 e. The van der Waals surface area contributed by atoms with Crippen LogP contribution in [0.1, 0.15) is 23.9 Å². The topological polar surface area (TPSA) is 73.2 Å². The van der Waals surface area contributed by atoms with Crippen molar-refractivity contribution in [2.75, 3.05) is 5.32 Å². The van der Waals surface area contributed by atoms with Crippen molar-refractivity contribution in [3.05, 3.63) is 53.1 Å². The van der Waals surface area contributed by atoms with Crippen molar-refractivity contribution in [3.63, 3.8) is 0 Å². The van der Waals surface area contributed by atoms with Gasteiger partial charge in [-0.3, -0.25) is 9.48 Å². The molecule has 0 aliphatic heterocycles. The number of anilines is 1. The quantitative estimate of drug-likeness (QED) is 0.668.